The second-order valence-corrected chi connectivity index (χ2v) is 6.95. The molecule has 0 heterocycles. The molecule has 2 aromatic carbocycles. The van der Waals surface area contributed by atoms with Crippen LogP contribution in [0.4, 0.5) is 18.9 Å². The van der Waals surface area contributed by atoms with E-state index in [4.69, 9.17) is 0 Å². The minimum Gasteiger partial charge on any atom is -0.247 e. The predicted octanol–water partition coefficient (Wildman–Crippen LogP) is 4.10. The van der Waals surface area contributed by atoms with Crippen LogP contribution in [0, 0.1) is 6.92 Å². The van der Waals surface area contributed by atoms with Crippen LogP contribution in [0.1, 0.15) is 5.56 Å². The molecule has 7 heteroatoms. The molecule has 0 saturated carbocycles. The molecule has 23 heavy (non-hydrogen) atoms. The molecule has 0 bridgehead atoms. The monoisotopic (exact) mass is 341 g/mol. The first kappa shape index (κ1) is 17.2. The van der Waals surface area contributed by atoms with E-state index in [9.17, 15) is 21.6 Å². The number of hydrogen-bond donors (Lipinski definition) is 0. The number of nitrogens with zero attached hydrogens (tertiary/aromatic N) is 1. The first-order valence-electron chi connectivity index (χ1n) is 6.68. The van der Waals surface area contributed by atoms with Crippen LogP contribution >= 0.6 is 0 Å². The Hall–Kier alpha value is -2.15. The predicted molar refractivity (Wildman–Crippen MR) is 82.8 cm³/mol. The number of hydrogen-bond acceptors (Lipinski definition) is 3. The molecule has 0 N–H and O–H groups in total. The molecule has 0 aliphatic rings. The molecular formula is C16H14F3NO2S. The van der Waals surface area contributed by atoms with Crippen LogP contribution in [0.25, 0.3) is 0 Å². The standard InChI is InChI=1S/C16H14F3NO2S/c1-12-7-9-14(10-8-12)23(21,22)11-15(16(17,18)19)20-13-5-3-2-4-6-13/h2-10H,11H2,1H3. The van der Waals surface area contributed by atoms with E-state index < -0.39 is 27.5 Å². The number of aryl methyl sites for hydroxylation is 1. The lowest BCUT2D eigenvalue weighted by molar-refractivity contribution is -0.0589. The van der Waals surface area contributed by atoms with Crippen LogP contribution in [-0.2, 0) is 9.84 Å². The Labute approximate surface area is 132 Å². The summed E-state index contributed by atoms with van der Waals surface area (Å²) in [5.74, 6) is -1.20. The molecule has 0 aliphatic carbocycles. The summed E-state index contributed by atoms with van der Waals surface area (Å²) in [7, 11) is -4.13. The lowest BCUT2D eigenvalue weighted by Gasteiger charge is -2.11. The second kappa shape index (κ2) is 6.54. The minimum absolute atomic E-state index is 0.0546. The fourth-order valence-corrected chi connectivity index (χ4v) is 3.15. The van der Waals surface area contributed by atoms with Crippen molar-refractivity contribution in [3.05, 3.63) is 60.2 Å². The number of rotatable bonds is 4. The van der Waals surface area contributed by atoms with Crippen molar-refractivity contribution in [3.63, 3.8) is 0 Å². The molecule has 0 spiro atoms. The van der Waals surface area contributed by atoms with Gasteiger partial charge in [-0.25, -0.2) is 13.4 Å². The van der Waals surface area contributed by atoms with E-state index in [1.54, 1.807) is 13.0 Å². The van der Waals surface area contributed by atoms with Gasteiger partial charge in [0.1, 0.15) is 11.5 Å². The maximum atomic E-state index is 13.1. The number of halogens is 3. The Morgan fingerprint density at radius 3 is 2.09 bits per heavy atom. The maximum absolute atomic E-state index is 13.1. The van der Waals surface area contributed by atoms with Gasteiger partial charge in [0.05, 0.1) is 10.6 Å². The van der Waals surface area contributed by atoms with E-state index in [0.717, 1.165) is 5.56 Å². The summed E-state index contributed by atoms with van der Waals surface area (Å²) in [6.07, 6.45) is -4.83. The van der Waals surface area contributed by atoms with Gasteiger partial charge in [-0.1, -0.05) is 35.9 Å². The van der Waals surface area contributed by atoms with Gasteiger partial charge in [0.2, 0.25) is 0 Å². The zero-order valence-electron chi connectivity index (χ0n) is 12.2. The number of benzene rings is 2. The lowest BCUT2D eigenvalue weighted by atomic mass is 10.2. The molecule has 2 aromatic rings. The van der Waals surface area contributed by atoms with Crippen LogP contribution in [0.3, 0.4) is 0 Å². The Balaban J connectivity index is 2.39. The van der Waals surface area contributed by atoms with Gasteiger partial charge in [0, 0.05) is 0 Å². The average molecular weight is 341 g/mol. The van der Waals surface area contributed by atoms with E-state index in [2.05, 4.69) is 4.99 Å². The van der Waals surface area contributed by atoms with Crippen LogP contribution in [0.15, 0.2) is 64.5 Å². The quantitative estimate of drug-likeness (QED) is 0.786. The van der Waals surface area contributed by atoms with Crippen molar-refractivity contribution in [1.82, 2.24) is 0 Å². The van der Waals surface area contributed by atoms with Crippen LogP contribution < -0.4 is 0 Å². The van der Waals surface area contributed by atoms with Gasteiger partial charge in [0.25, 0.3) is 0 Å². The highest BCUT2D eigenvalue weighted by Gasteiger charge is 2.39. The van der Waals surface area contributed by atoms with E-state index >= 15 is 0 Å². The average Bonchev–Trinajstić information content (AvgIpc) is 2.47. The van der Waals surface area contributed by atoms with Gasteiger partial charge in [0.15, 0.2) is 9.84 Å². The Bertz CT molecular complexity index is 795. The fourth-order valence-electron chi connectivity index (χ4n) is 1.84. The Kier molecular flexibility index (Phi) is 4.89. The van der Waals surface area contributed by atoms with Gasteiger partial charge in [-0.15, -0.1) is 0 Å². The summed E-state index contributed by atoms with van der Waals surface area (Å²) < 4.78 is 63.8. The Morgan fingerprint density at radius 2 is 1.57 bits per heavy atom. The molecule has 0 aliphatic heterocycles. The van der Waals surface area contributed by atoms with Gasteiger partial charge in [-0.2, -0.15) is 13.2 Å². The van der Waals surface area contributed by atoms with Crippen molar-refractivity contribution in [2.75, 3.05) is 5.75 Å². The van der Waals surface area contributed by atoms with Crippen LogP contribution in [-0.4, -0.2) is 26.1 Å². The van der Waals surface area contributed by atoms with Gasteiger partial charge >= 0.3 is 6.18 Å². The van der Waals surface area contributed by atoms with Gasteiger partial charge in [-0.3, -0.25) is 0 Å². The number of aliphatic imine (C=N–C) groups is 1. The van der Waals surface area contributed by atoms with Crippen molar-refractivity contribution in [2.24, 2.45) is 4.99 Å². The molecule has 0 radical (unpaired) electrons. The number of sulfone groups is 1. The molecule has 2 rings (SSSR count). The van der Waals surface area contributed by atoms with E-state index in [-0.39, 0.29) is 10.6 Å². The molecule has 0 saturated heterocycles. The summed E-state index contributed by atoms with van der Waals surface area (Å²) in [6, 6.07) is 13.1. The first-order chi connectivity index (χ1) is 10.7. The summed E-state index contributed by atoms with van der Waals surface area (Å²) >= 11 is 0. The molecule has 0 aromatic heterocycles. The van der Waals surface area contributed by atoms with Crippen molar-refractivity contribution < 1.29 is 21.6 Å². The van der Waals surface area contributed by atoms with Crippen molar-refractivity contribution in [3.8, 4) is 0 Å². The van der Waals surface area contributed by atoms with Crippen LogP contribution in [0.5, 0.6) is 0 Å². The zero-order valence-corrected chi connectivity index (χ0v) is 13.0. The first-order valence-corrected chi connectivity index (χ1v) is 8.33. The third-order valence-electron chi connectivity index (χ3n) is 3.05. The van der Waals surface area contributed by atoms with E-state index in [1.807, 2.05) is 0 Å². The third kappa shape index (κ3) is 4.66. The molecular weight excluding hydrogens is 327 g/mol. The van der Waals surface area contributed by atoms with Gasteiger partial charge in [-0.05, 0) is 31.2 Å². The summed E-state index contributed by atoms with van der Waals surface area (Å²) in [5.41, 5.74) is -0.471. The normalized spacial score (nSPS) is 13.1. The maximum Gasteiger partial charge on any atom is 0.430 e. The highest BCUT2D eigenvalue weighted by atomic mass is 32.2. The summed E-state index contributed by atoms with van der Waals surface area (Å²) in [5, 5.41) is 0. The highest BCUT2D eigenvalue weighted by molar-refractivity contribution is 7.92. The summed E-state index contributed by atoms with van der Waals surface area (Å²) in [6.45, 7) is 1.76. The van der Waals surface area contributed by atoms with Gasteiger partial charge < -0.3 is 0 Å². The zero-order chi connectivity index (χ0) is 17.1. The number of alkyl halides is 3. The molecule has 3 nitrogen and oxygen atoms in total. The topological polar surface area (TPSA) is 46.5 Å². The smallest absolute Gasteiger partial charge is 0.247 e. The molecule has 0 atom stereocenters. The highest BCUT2D eigenvalue weighted by Crippen LogP contribution is 2.24. The molecule has 0 fully saturated rings. The molecule has 122 valence electrons. The van der Waals surface area contributed by atoms with Crippen molar-refractivity contribution >= 4 is 21.2 Å². The molecule has 0 unspecified atom stereocenters. The van der Waals surface area contributed by atoms with Crippen LogP contribution in [0.2, 0.25) is 0 Å². The second-order valence-electron chi connectivity index (χ2n) is 4.96. The molecule has 0 amide bonds. The van der Waals surface area contributed by atoms with E-state index in [1.165, 1.54) is 48.5 Å². The largest absolute Gasteiger partial charge is 0.430 e. The third-order valence-corrected chi connectivity index (χ3v) is 4.70. The SMILES string of the molecule is Cc1ccc(S(=O)(=O)CC(=Nc2ccccc2)C(F)(F)F)cc1. The number of para-hydroxylation sites is 1. The lowest BCUT2D eigenvalue weighted by Crippen LogP contribution is -2.30. The Morgan fingerprint density at radius 1 is 1.00 bits per heavy atom. The van der Waals surface area contributed by atoms with Crippen molar-refractivity contribution in [1.29, 1.82) is 0 Å². The summed E-state index contributed by atoms with van der Waals surface area (Å²) in [4.78, 5) is 3.31. The van der Waals surface area contributed by atoms with E-state index in [0.29, 0.717) is 0 Å². The van der Waals surface area contributed by atoms with Crippen molar-refractivity contribution in [2.45, 2.75) is 18.0 Å². The fraction of sp³-hybridized carbons (Fsp3) is 0.188. The minimum atomic E-state index is -4.83.